The highest BCUT2D eigenvalue weighted by atomic mass is 32.1. The quantitative estimate of drug-likeness (QED) is 0.616. The normalized spacial score (nSPS) is 10.8. The Balaban J connectivity index is 2.44. The number of aryl methyl sites for hydroxylation is 1. The molecule has 1 aromatic heterocycles. The van der Waals surface area contributed by atoms with Crippen molar-refractivity contribution in [3.63, 3.8) is 0 Å². The first-order valence-corrected chi connectivity index (χ1v) is 9.98. The fourth-order valence-corrected chi connectivity index (χ4v) is 3.90. The van der Waals surface area contributed by atoms with Gasteiger partial charge in [-0.05, 0) is 30.9 Å². The molecule has 1 aromatic carbocycles. The highest BCUT2D eigenvalue weighted by Crippen LogP contribution is 2.40. The molecular weight excluding hydrogens is 378 g/mol. The number of carbonyl (C=O) groups excluding carboxylic acids is 2. The van der Waals surface area contributed by atoms with E-state index < -0.39 is 17.8 Å². The largest absolute Gasteiger partial charge is 0.481 e. The monoisotopic (exact) mass is 403 g/mol. The van der Waals surface area contributed by atoms with Crippen molar-refractivity contribution in [2.24, 2.45) is 0 Å². The highest BCUT2D eigenvalue weighted by molar-refractivity contribution is 7.17. The van der Waals surface area contributed by atoms with Crippen molar-refractivity contribution in [2.45, 2.75) is 46.5 Å². The van der Waals surface area contributed by atoms with E-state index in [9.17, 15) is 14.4 Å². The zero-order valence-electron chi connectivity index (χ0n) is 16.5. The van der Waals surface area contributed by atoms with Crippen molar-refractivity contribution in [3.8, 4) is 11.1 Å². The van der Waals surface area contributed by atoms with Gasteiger partial charge in [0.05, 0.1) is 13.0 Å². The molecule has 28 heavy (non-hydrogen) atoms. The Morgan fingerprint density at radius 3 is 2.32 bits per heavy atom. The fraction of sp³-hybridized carbons (Fsp3) is 0.381. The Hall–Kier alpha value is -2.67. The van der Waals surface area contributed by atoms with Crippen molar-refractivity contribution in [3.05, 3.63) is 40.3 Å². The average molecular weight is 404 g/mol. The number of hydrogen-bond acceptors (Lipinski definition) is 5. The number of hydrogen-bond donors (Lipinski definition) is 2. The van der Waals surface area contributed by atoms with Gasteiger partial charge in [-0.2, -0.15) is 0 Å². The predicted octanol–water partition coefficient (Wildman–Crippen LogP) is 4.83. The molecule has 0 bridgehead atoms. The number of benzene rings is 1. The van der Waals surface area contributed by atoms with Crippen molar-refractivity contribution < 1.29 is 24.2 Å². The van der Waals surface area contributed by atoms with Gasteiger partial charge >= 0.3 is 11.9 Å². The van der Waals surface area contributed by atoms with Crippen LogP contribution in [0.5, 0.6) is 0 Å². The van der Waals surface area contributed by atoms with E-state index in [0.29, 0.717) is 16.5 Å². The van der Waals surface area contributed by atoms with E-state index >= 15 is 0 Å². The number of carboxylic acids is 1. The van der Waals surface area contributed by atoms with E-state index in [1.54, 1.807) is 6.92 Å². The minimum absolute atomic E-state index is 0.160. The molecule has 0 radical (unpaired) electrons. The summed E-state index contributed by atoms with van der Waals surface area (Å²) in [5.41, 5.74) is 3.10. The summed E-state index contributed by atoms with van der Waals surface area (Å²) < 4.78 is 5.21. The molecule has 6 nitrogen and oxygen atoms in total. The number of rotatable bonds is 8. The number of esters is 1. The van der Waals surface area contributed by atoms with Gasteiger partial charge in [0.25, 0.3) is 0 Å². The smallest absolute Gasteiger partial charge is 0.341 e. The van der Waals surface area contributed by atoms with E-state index in [1.807, 2.05) is 31.2 Å². The molecular formula is C21H25NO5S. The Morgan fingerprint density at radius 1 is 1.14 bits per heavy atom. The second-order valence-corrected chi connectivity index (χ2v) is 7.90. The topological polar surface area (TPSA) is 92.7 Å². The zero-order chi connectivity index (χ0) is 20.8. The lowest BCUT2D eigenvalue weighted by Crippen LogP contribution is -2.15. The Kier molecular flexibility index (Phi) is 7.34. The van der Waals surface area contributed by atoms with Gasteiger partial charge in [-0.15, -0.1) is 11.3 Å². The van der Waals surface area contributed by atoms with Gasteiger partial charge in [0.15, 0.2) is 0 Å². The highest BCUT2D eigenvalue weighted by Gasteiger charge is 2.25. The van der Waals surface area contributed by atoms with Crippen LogP contribution in [0.3, 0.4) is 0 Å². The van der Waals surface area contributed by atoms with Crippen LogP contribution in [-0.4, -0.2) is 29.6 Å². The number of nitrogens with one attached hydrogen (secondary N) is 1. The van der Waals surface area contributed by atoms with E-state index in [1.165, 1.54) is 16.9 Å². The average Bonchev–Trinajstić information content (AvgIpc) is 2.96. The molecule has 0 saturated carbocycles. The third-order valence-electron chi connectivity index (χ3n) is 4.25. The van der Waals surface area contributed by atoms with Gasteiger partial charge < -0.3 is 15.2 Å². The summed E-state index contributed by atoms with van der Waals surface area (Å²) in [6.07, 6.45) is -0.429. The van der Waals surface area contributed by atoms with Crippen LogP contribution in [0.15, 0.2) is 24.3 Å². The van der Waals surface area contributed by atoms with Crippen LogP contribution in [0.2, 0.25) is 0 Å². The van der Waals surface area contributed by atoms with E-state index in [-0.39, 0.29) is 19.4 Å². The van der Waals surface area contributed by atoms with Crippen LogP contribution < -0.4 is 5.32 Å². The summed E-state index contributed by atoms with van der Waals surface area (Å²) in [6.45, 7) is 8.04. The third-order valence-corrected chi connectivity index (χ3v) is 5.27. The molecule has 0 aliphatic heterocycles. The number of anilines is 1. The van der Waals surface area contributed by atoms with Gasteiger partial charge in [0, 0.05) is 16.9 Å². The molecule has 150 valence electrons. The number of thiophene rings is 1. The molecule has 1 heterocycles. The van der Waals surface area contributed by atoms with Gasteiger partial charge in [0.1, 0.15) is 10.6 Å². The lowest BCUT2D eigenvalue weighted by molar-refractivity contribution is -0.138. The van der Waals surface area contributed by atoms with Gasteiger partial charge in [-0.25, -0.2) is 4.79 Å². The molecule has 0 aliphatic rings. The molecule has 0 atom stereocenters. The fourth-order valence-electron chi connectivity index (χ4n) is 2.82. The molecule has 0 fully saturated rings. The summed E-state index contributed by atoms with van der Waals surface area (Å²) in [7, 11) is 0. The second-order valence-electron chi connectivity index (χ2n) is 6.68. The maximum Gasteiger partial charge on any atom is 0.341 e. The molecule has 1 amide bonds. The molecule has 0 spiro atoms. The van der Waals surface area contributed by atoms with Crippen LogP contribution >= 0.6 is 11.3 Å². The minimum atomic E-state index is -1.05. The van der Waals surface area contributed by atoms with E-state index in [2.05, 4.69) is 19.2 Å². The SMILES string of the molecule is CCOC(=O)c1c(NC(=O)CCC(=O)O)sc(C)c1-c1ccc(C(C)C)cc1. The van der Waals surface area contributed by atoms with Crippen LogP contribution in [0.4, 0.5) is 5.00 Å². The first-order chi connectivity index (χ1) is 13.2. The van der Waals surface area contributed by atoms with Crippen molar-refractivity contribution in [1.29, 1.82) is 0 Å². The van der Waals surface area contributed by atoms with Crippen LogP contribution in [0.1, 0.15) is 60.3 Å². The zero-order valence-corrected chi connectivity index (χ0v) is 17.3. The second kappa shape index (κ2) is 9.50. The molecule has 0 saturated heterocycles. The lowest BCUT2D eigenvalue weighted by Gasteiger charge is -2.10. The van der Waals surface area contributed by atoms with Crippen LogP contribution in [0, 0.1) is 6.92 Å². The van der Waals surface area contributed by atoms with E-state index in [0.717, 1.165) is 16.0 Å². The summed E-state index contributed by atoms with van der Waals surface area (Å²) in [5.74, 6) is -1.61. The summed E-state index contributed by atoms with van der Waals surface area (Å²) >= 11 is 1.28. The minimum Gasteiger partial charge on any atom is -0.481 e. The molecule has 2 N–H and O–H groups in total. The van der Waals surface area contributed by atoms with Crippen molar-refractivity contribution in [2.75, 3.05) is 11.9 Å². The molecule has 2 aromatic rings. The maximum atomic E-state index is 12.6. The van der Waals surface area contributed by atoms with E-state index in [4.69, 9.17) is 9.84 Å². The lowest BCUT2D eigenvalue weighted by atomic mass is 9.97. The standard InChI is InChI=1S/C21H25NO5S/c1-5-27-21(26)19-18(15-8-6-14(7-9-15)12(2)3)13(4)28-20(19)22-16(23)10-11-17(24)25/h6-9,12H,5,10-11H2,1-4H3,(H,22,23)(H,24,25). The van der Waals surface area contributed by atoms with Gasteiger partial charge in [-0.3, -0.25) is 9.59 Å². The molecule has 0 aliphatic carbocycles. The van der Waals surface area contributed by atoms with Gasteiger partial charge in [0.2, 0.25) is 5.91 Å². The first-order valence-electron chi connectivity index (χ1n) is 9.17. The Bertz CT molecular complexity index is 868. The summed E-state index contributed by atoms with van der Waals surface area (Å²) in [6, 6.07) is 7.97. The molecule has 2 rings (SSSR count). The van der Waals surface area contributed by atoms with Gasteiger partial charge in [-0.1, -0.05) is 38.1 Å². The van der Waals surface area contributed by atoms with Crippen LogP contribution in [0.25, 0.3) is 11.1 Å². The summed E-state index contributed by atoms with van der Waals surface area (Å²) in [5, 5.41) is 11.8. The molecule has 7 heteroatoms. The maximum absolute atomic E-state index is 12.6. The third kappa shape index (κ3) is 5.19. The number of amides is 1. The van der Waals surface area contributed by atoms with Crippen molar-refractivity contribution >= 4 is 34.2 Å². The number of carbonyl (C=O) groups is 3. The first kappa shape index (κ1) is 21.6. The Morgan fingerprint density at radius 2 is 1.79 bits per heavy atom. The summed E-state index contributed by atoms with van der Waals surface area (Å²) in [4.78, 5) is 36.3. The predicted molar refractivity (Wildman–Crippen MR) is 110 cm³/mol. The van der Waals surface area contributed by atoms with Crippen molar-refractivity contribution in [1.82, 2.24) is 0 Å². The number of aliphatic carboxylic acids is 1. The number of ether oxygens (including phenoxy) is 1. The Labute approximate surface area is 168 Å². The number of carboxylic acid groups (broad SMARTS) is 1. The van der Waals surface area contributed by atoms with Crippen LogP contribution in [-0.2, 0) is 14.3 Å². The molecule has 0 unspecified atom stereocenters.